The number of halogens is 3. The molecular weight excluding hydrogens is 219 g/mol. The maximum Gasteiger partial charge on any atom is 0.511 e. The third kappa shape index (κ3) is 2.03. The first kappa shape index (κ1) is 11.8. The van der Waals surface area contributed by atoms with Crippen molar-refractivity contribution < 1.29 is 21.6 Å². The summed E-state index contributed by atoms with van der Waals surface area (Å²) >= 11 is 0. The molecule has 84 valence electrons. The number of hydrogen-bond acceptors (Lipinski definition) is 2. The van der Waals surface area contributed by atoms with E-state index in [-0.39, 0.29) is 19.0 Å². The molecule has 0 aromatic carbocycles. The van der Waals surface area contributed by atoms with Gasteiger partial charge in [-0.15, -0.1) is 0 Å². The van der Waals surface area contributed by atoms with Crippen molar-refractivity contribution in [2.75, 3.05) is 13.1 Å². The predicted molar refractivity (Wildman–Crippen MR) is 44.9 cm³/mol. The van der Waals surface area contributed by atoms with Crippen molar-refractivity contribution in [3.63, 3.8) is 0 Å². The highest BCUT2D eigenvalue weighted by Gasteiger charge is 2.51. The van der Waals surface area contributed by atoms with Gasteiger partial charge in [-0.3, -0.25) is 0 Å². The number of alkyl halides is 3. The van der Waals surface area contributed by atoms with Gasteiger partial charge in [0.15, 0.2) is 0 Å². The fraction of sp³-hybridized carbons (Fsp3) is 1.00. The van der Waals surface area contributed by atoms with Gasteiger partial charge in [0.25, 0.3) is 0 Å². The second-order valence-corrected chi connectivity index (χ2v) is 5.30. The Labute approximate surface area is 80.9 Å². The normalized spacial score (nSPS) is 25.6. The van der Waals surface area contributed by atoms with E-state index >= 15 is 0 Å². The Morgan fingerprint density at radius 2 is 2.00 bits per heavy atom. The third-order valence-electron chi connectivity index (χ3n) is 2.46. The number of nitrogens with zero attached hydrogens (tertiary/aromatic N) is 1. The molecule has 0 aromatic rings. The highest BCUT2D eigenvalue weighted by atomic mass is 32.2. The second kappa shape index (κ2) is 3.69. The van der Waals surface area contributed by atoms with Crippen LogP contribution in [0.5, 0.6) is 0 Å². The summed E-state index contributed by atoms with van der Waals surface area (Å²) in [5.41, 5.74) is -5.16. The van der Waals surface area contributed by atoms with Crippen LogP contribution < -0.4 is 0 Å². The van der Waals surface area contributed by atoms with Crippen LogP contribution in [-0.4, -0.2) is 31.3 Å². The van der Waals surface area contributed by atoms with E-state index in [4.69, 9.17) is 0 Å². The molecule has 1 rings (SSSR count). The van der Waals surface area contributed by atoms with Gasteiger partial charge in [0.2, 0.25) is 0 Å². The lowest BCUT2D eigenvalue weighted by Gasteiger charge is -2.17. The maximum atomic E-state index is 12.1. The van der Waals surface area contributed by atoms with Crippen molar-refractivity contribution in [3.8, 4) is 0 Å². The molecule has 1 atom stereocenters. The number of sulfonamides is 1. The summed E-state index contributed by atoms with van der Waals surface area (Å²) in [6.07, 6.45) is 1.23. The van der Waals surface area contributed by atoms with Crippen LogP contribution >= 0.6 is 0 Å². The highest BCUT2D eigenvalue weighted by Crippen LogP contribution is 2.31. The summed E-state index contributed by atoms with van der Waals surface area (Å²) in [6, 6.07) is 0. The molecule has 0 unspecified atom stereocenters. The zero-order valence-electron chi connectivity index (χ0n) is 7.71. The Morgan fingerprint density at radius 3 is 2.36 bits per heavy atom. The lowest BCUT2D eigenvalue weighted by Crippen LogP contribution is -2.39. The largest absolute Gasteiger partial charge is 0.511 e. The first-order chi connectivity index (χ1) is 6.29. The molecule has 1 aliphatic rings. The van der Waals surface area contributed by atoms with Crippen LogP contribution in [0.4, 0.5) is 13.2 Å². The van der Waals surface area contributed by atoms with Crippen molar-refractivity contribution in [2.45, 2.75) is 25.3 Å². The van der Waals surface area contributed by atoms with Gasteiger partial charge in [-0.1, -0.05) is 13.3 Å². The SMILES string of the molecule is CC[C@H]1CCN(S(=O)(=O)C(F)(F)F)C1. The van der Waals surface area contributed by atoms with Crippen molar-refractivity contribution in [1.29, 1.82) is 0 Å². The maximum absolute atomic E-state index is 12.1. The molecule has 3 nitrogen and oxygen atoms in total. The topological polar surface area (TPSA) is 37.4 Å². The Balaban J connectivity index is 2.77. The highest BCUT2D eigenvalue weighted by molar-refractivity contribution is 7.90. The van der Waals surface area contributed by atoms with Crippen molar-refractivity contribution in [1.82, 2.24) is 4.31 Å². The van der Waals surface area contributed by atoms with E-state index in [9.17, 15) is 21.6 Å². The molecule has 1 aliphatic heterocycles. The van der Waals surface area contributed by atoms with Crippen molar-refractivity contribution >= 4 is 10.0 Å². The number of hydrogen-bond donors (Lipinski definition) is 0. The molecule has 1 fully saturated rings. The van der Waals surface area contributed by atoms with Gasteiger partial charge in [0.1, 0.15) is 0 Å². The van der Waals surface area contributed by atoms with E-state index in [1.165, 1.54) is 0 Å². The first-order valence-corrected chi connectivity index (χ1v) is 5.79. The molecule has 0 aliphatic carbocycles. The molecule has 0 bridgehead atoms. The first-order valence-electron chi connectivity index (χ1n) is 4.35. The minimum absolute atomic E-state index is 0.00164. The van der Waals surface area contributed by atoms with Crippen LogP contribution in [0.15, 0.2) is 0 Å². The molecule has 0 radical (unpaired) electrons. The Morgan fingerprint density at radius 1 is 1.43 bits per heavy atom. The monoisotopic (exact) mass is 231 g/mol. The molecule has 0 N–H and O–H groups in total. The summed E-state index contributed by atoms with van der Waals surface area (Å²) in [5, 5.41) is 0. The standard InChI is InChI=1S/C7H12F3NO2S/c1-2-6-3-4-11(5-6)14(12,13)7(8,9)10/h6H,2-5H2,1H3/t6-/m0/s1. The minimum atomic E-state index is -5.16. The van der Waals surface area contributed by atoms with Crippen LogP contribution in [0.2, 0.25) is 0 Å². The van der Waals surface area contributed by atoms with Crippen LogP contribution in [0, 0.1) is 5.92 Å². The zero-order chi connectivity index (χ0) is 11.0. The van der Waals surface area contributed by atoms with E-state index in [0.717, 1.165) is 0 Å². The van der Waals surface area contributed by atoms with Gasteiger partial charge in [0.05, 0.1) is 0 Å². The van der Waals surface area contributed by atoms with Crippen LogP contribution in [-0.2, 0) is 10.0 Å². The van der Waals surface area contributed by atoms with Gasteiger partial charge in [-0.2, -0.15) is 17.5 Å². The molecule has 0 saturated carbocycles. The predicted octanol–water partition coefficient (Wildman–Crippen LogP) is 1.57. The summed E-state index contributed by atoms with van der Waals surface area (Å²) < 4.78 is 58.6. The van der Waals surface area contributed by atoms with E-state index < -0.39 is 15.5 Å². The van der Waals surface area contributed by atoms with E-state index in [0.29, 0.717) is 17.1 Å². The minimum Gasteiger partial charge on any atom is -0.203 e. The van der Waals surface area contributed by atoms with Crippen LogP contribution in [0.1, 0.15) is 19.8 Å². The average molecular weight is 231 g/mol. The Hall–Kier alpha value is -0.300. The molecule has 0 spiro atoms. The van der Waals surface area contributed by atoms with E-state index in [1.807, 2.05) is 6.92 Å². The quantitative estimate of drug-likeness (QED) is 0.723. The van der Waals surface area contributed by atoms with Crippen molar-refractivity contribution in [3.05, 3.63) is 0 Å². The summed E-state index contributed by atoms with van der Waals surface area (Å²) in [6.45, 7) is 1.83. The molecule has 1 heterocycles. The summed E-state index contributed by atoms with van der Waals surface area (Å²) in [7, 11) is -5.09. The van der Waals surface area contributed by atoms with Gasteiger partial charge in [-0.05, 0) is 12.3 Å². The lowest BCUT2D eigenvalue weighted by atomic mass is 10.1. The van der Waals surface area contributed by atoms with Gasteiger partial charge in [-0.25, -0.2) is 8.42 Å². The van der Waals surface area contributed by atoms with Gasteiger partial charge in [0, 0.05) is 13.1 Å². The molecule has 0 aromatic heterocycles. The Bertz CT molecular complexity index is 299. The molecule has 0 amide bonds. The Kier molecular flexibility index (Phi) is 3.10. The smallest absolute Gasteiger partial charge is 0.203 e. The third-order valence-corrected chi connectivity index (χ3v) is 4.05. The zero-order valence-corrected chi connectivity index (χ0v) is 8.53. The number of rotatable bonds is 2. The summed E-state index contributed by atoms with van der Waals surface area (Å²) in [5.74, 6) is 0.0622. The second-order valence-electron chi connectivity index (χ2n) is 3.37. The van der Waals surface area contributed by atoms with Gasteiger partial charge >= 0.3 is 15.5 Å². The summed E-state index contributed by atoms with van der Waals surface area (Å²) in [4.78, 5) is 0. The lowest BCUT2D eigenvalue weighted by molar-refractivity contribution is -0.0484. The molecule has 1 saturated heterocycles. The van der Waals surface area contributed by atoms with Crippen LogP contribution in [0.3, 0.4) is 0 Å². The van der Waals surface area contributed by atoms with Crippen molar-refractivity contribution in [2.24, 2.45) is 5.92 Å². The van der Waals surface area contributed by atoms with E-state index in [2.05, 4.69) is 0 Å². The fourth-order valence-electron chi connectivity index (χ4n) is 1.50. The molecular formula is C7H12F3NO2S. The van der Waals surface area contributed by atoms with Crippen LogP contribution in [0.25, 0.3) is 0 Å². The molecule has 7 heteroatoms. The molecule has 14 heavy (non-hydrogen) atoms. The van der Waals surface area contributed by atoms with E-state index in [1.54, 1.807) is 0 Å². The fourth-order valence-corrected chi connectivity index (χ4v) is 2.54. The average Bonchev–Trinajstić information content (AvgIpc) is 2.49. The van der Waals surface area contributed by atoms with Gasteiger partial charge < -0.3 is 0 Å².